The van der Waals surface area contributed by atoms with E-state index in [1.165, 1.54) is 0 Å². The Kier molecular flexibility index (Phi) is 4.17. The summed E-state index contributed by atoms with van der Waals surface area (Å²) in [6.07, 6.45) is 1.63. The Bertz CT molecular complexity index is 705. The molecule has 1 amide bonds. The van der Waals surface area contributed by atoms with Crippen LogP contribution in [0.15, 0.2) is 28.8 Å². The lowest BCUT2D eigenvalue weighted by atomic mass is 10.0. The first-order valence-corrected chi connectivity index (χ1v) is 7.84. The molecule has 1 aliphatic heterocycles. The number of ether oxygens (including phenoxy) is 1. The minimum absolute atomic E-state index is 0.141. The van der Waals surface area contributed by atoms with E-state index in [9.17, 15) is 4.79 Å². The monoisotopic (exact) mass is 315 g/mol. The van der Waals surface area contributed by atoms with Crippen molar-refractivity contribution in [1.82, 2.24) is 15.5 Å². The first-order valence-electron chi connectivity index (χ1n) is 7.84. The third kappa shape index (κ3) is 3.12. The molecule has 0 unspecified atom stereocenters. The van der Waals surface area contributed by atoms with E-state index in [-0.39, 0.29) is 11.9 Å². The van der Waals surface area contributed by atoms with Gasteiger partial charge in [0.15, 0.2) is 0 Å². The van der Waals surface area contributed by atoms with Gasteiger partial charge in [0, 0.05) is 12.2 Å². The van der Waals surface area contributed by atoms with Crippen LogP contribution in [0, 0.1) is 6.92 Å². The standard InChI is InChI=1S/C17H21N3O3/c1-11-7-4-5-8-13(11)14-19-15(23-20-14)12(2)18-16(21)17(3)9-6-10-22-17/h4-5,7-8,12H,6,9-10H2,1-3H3,(H,18,21)/t12-,17-/m1/s1. The first-order chi connectivity index (χ1) is 11.0. The molecule has 0 saturated carbocycles. The molecule has 0 spiro atoms. The lowest BCUT2D eigenvalue weighted by Crippen LogP contribution is -2.44. The van der Waals surface area contributed by atoms with Crippen LogP contribution in [0.3, 0.4) is 0 Å². The summed E-state index contributed by atoms with van der Waals surface area (Å²) >= 11 is 0. The molecule has 0 aliphatic carbocycles. The summed E-state index contributed by atoms with van der Waals surface area (Å²) in [4.78, 5) is 16.8. The normalized spacial score (nSPS) is 22.0. The minimum Gasteiger partial charge on any atom is -0.365 e. The summed E-state index contributed by atoms with van der Waals surface area (Å²) in [6, 6.07) is 7.47. The van der Waals surface area contributed by atoms with Gasteiger partial charge in [0.25, 0.3) is 5.91 Å². The van der Waals surface area contributed by atoms with Crippen LogP contribution in [0.4, 0.5) is 0 Å². The highest BCUT2D eigenvalue weighted by Crippen LogP contribution is 2.27. The SMILES string of the molecule is Cc1ccccc1-c1noc([C@@H](C)NC(=O)[C@@]2(C)CCCO2)n1. The molecule has 1 aromatic carbocycles. The molecule has 122 valence electrons. The molecular formula is C17H21N3O3. The van der Waals surface area contributed by atoms with Gasteiger partial charge >= 0.3 is 0 Å². The molecule has 1 saturated heterocycles. The van der Waals surface area contributed by atoms with E-state index < -0.39 is 5.60 Å². The second-order valence-corrected chi connectivity index (χ2v) is 6.15. The van der Waals surface area contributed by atoms with Gasteiger partial charge in [0.2, 0.25) is 11.7 Å². The Balaban J connectivity index is 1.73. The van der Waals surface area contributed by atoms with Crippen LogP contribution in [-0.2, 0) is 9.53 Å². The zero-order valence-corrected chi connectivity index (χ0v) is 13.6. The van der Waals surface area contributed by atoms with Crippen molar-refractivity contribution in [2.45, 2.75) is 45.3 Å². The average Bonchev–Trinajstić information content (AvgIpc) is 3.17. The third-order valence-corrected chi connectivity index (χ3v) is 4.24. The van der Waals surface area contributed by atoms with Gasteiger partial charge in [-0.3, -0.25) is 4.79 Å². The number of carbonyl (C=O) groups excluding carboxylic acids is 1. The zero-order chi connectivity index (χ0) is 16.4. The van der Waals surface area contributed by atoms with Crippen molar-refractivity contribution in [3.63, 3.8) is 0 Å². The molecule has 0 radical (unpaired) electrons. The molecule has 1 N–H and O–H groups in total. The van der Waals surface area contributed by atoms with E-state index in [0.29, 0.717) is 18.3 Å². The Morgan fingerprint density at radius 2 is 2.17 bits per heavy atom. The highest BCUT2D eigenvalue weighted by atomic mass is 16.5. The van der Waals surface area contributed by atoms with Crippen LogP contribution in [-0.4, -0.2) is 28.3 Å². The van der Waals surface area contributed by atoms with Crippen molar-refractivity contribution in [2.75, 3.05) is 6.61 Å². The van der Waals surface area contributed by atoms with Crippen molar-refractivity contribution in [3.05, 3.63) is 35.7 Å². The quantitative estimate of drug-likeness (QED) is 0.938. The van der Waals surface area contributed by atoms with Crippen LogP contribution in [0.1, 0.15) is 44.2 Å². The summed E-state index contributed by atoms with van der Waals surface area (Å²) in [5.41, 5.74) is 1.24. The Morgan fingerprint density at radius 3 is 2.87 bits per heavy atom. The van der Waals surface area contributed by atoms with E-state index in [1.807, 2.05) is 45.0 Å². The number of aromatic nitrogens is 2. The van der Waals surface area contributed by atoms with Gasteiger partial charge in [-0.1, -0.05) is 29.4 Å². The van der Waals surface area contributed by atoms with Gasteiger partial charge in [-0.25, -0.2) is 0 Å². The molecule has 1 aliphatic rings. The topological polar surface area (TPSA) is 77.2 Å². The maximum Gasteiger partial charge on any atom is 0.252 e. The number of nitrogens with one attached hydrogen (secondary N) is 1. The summed E-state index contributed by atoms with van der Waals surface area (Å²) < 4.78 is 10.9. The predicted octanol–water partition coefficient (Wildman–Crippen LogP) is 2.79. The van der Waals surface area contributed by atoms with E-state index in [0.717, 1.165) is 24.0 Å². The zero-order valence-electron chi connectivity index (χ0n) is 13.6. The third-order valence-electron chi connectivity index (χ3n) is 4.24. The fraction of sp³-hybridized carbons (Fsp3) is 0.471. The van der Waals surface area contributed by atoms with Crippen molar-refractivity contribution in [2.24, 2.45) is 0 Å². The van der Waals surface area contributed by atoms with Crippen molar-refractivity contribution < 1.29 is 14.1 Å². The molecule has 1 aromatic heterocycles. The molecule has 2 atom stereocenters. The predicted molar refractivity (Wildman–Crippen MR) is 84.6 cm³/mol. The number of rotatable bonds is 4. The van der Waals surface area contributed by atoms with Gasteiger partial charge < -0.3 is 14.6 Å². The van der Waals surface area contributed by atoms with Crippen molar-refractivity contribution in [1.29, 1.82) is 0 Å². The maximum absolute atomic E-state index is 12.4. The number of hydrogen-bond donors (Lipinski definition) is 1. The molecule has 3 rings (SSSR count). The lowest BCUT2D eigenvalue weighted by molar-refractivity contribution is -0.140. The second kappa shape index (κ2) is 6.12. The van der Waals surface area contributed by atoms with Crippen LogP contribution in [0.2, 0.25) is 0 Å². The highest BCUT2D eigenvalue weighted by molar-refractivity contribution is 5.85. The summed E-state index contributed by atoms with van der Waals surface area (Å²) in [6.45, 7) is 6.26. The first kappa shape index (κ1) is 15.7. The van der Waals surface area contributed by atoms with Crippen LogP contribution >= 0.6 is 0 Å². The molecule has 23 heavy (non-hydrogen) atoms. The number of hydrogen-bond acceptors (Lipinski definition) is 5. The van der Waals surface area contributed by atoms with E-state index in [1.54, 1.807) is 0 Å². The second-order valence-electron chi connectivity index (χ2n) is 6.15. The van der Waals surface area contributed by atoms with Crippen LogP contribution < -0.4 is 5.32 Å². The molecular weight excluding hydrogens is 294 g/mol. The number of benzene rings is 1. The minimum atomic E-state index is -0.757. The van der Waals surface area contributed by atoms with E-state index >= 15 is 0 Å². The molecule has 1 fully saturated rings. The molecule has 2 heterocycles. The summed E-state index contributed by atoms with van der Waals surface area (Å²) in [5, 5.41) is 6.92. The van der Waals surface area contributed by atoms with E-state index in [4.69, 9.17) is 9.26 Å². The van der Waals surface area contributed by atoms with Gasteiger partial charge in [-0.2, -0.15) is 4.98 Å². The molecule has 2 aromatic rings. The number of nitrogens with zero attached hydrogens (tertiary/aromatic N) is 2. The van der Waals surface area contributed by atoms with Gasteiger partial charge in [-0.15, -0.1) is 0 Å². The number of aryl methyl sites for hydroxylation is 1. The Hall–Kier alpha value is -2.21. The largest absolute Gasteiger partial charge is 0.365 e. The highest BCUT2D eigenvalue weighted by Gasteiger charge is 2.38. The number of carbonyl (C=O) groups is 1. The smallest absolute Gasteiger partial charge is 0.252 e. The van der Waals surface area contributed by atoms with Crippen molar-refractivity contribution >= 4 is 5.91 Å². The van der Waals surface area contributed by atoms with Gasteiger partial charge in [0.05, 0.1) is 0 Å². The summed E-state index contributed by atoms with van der Waals surface area (Å²) in [5.74, 6) is 0.777. The number of amides is 1. The summed E-state index contributed by atoms with van der Waals surface area (Å²) in [7, 11) is 0. The van der Waals surface area contributed by atoms with E-state index in [2.05, 4.69) is 15.5 Å². The molecule has 6 heteroatoms. The maximum atomic E-state index is 12.4. The van der Waals surface area contributed by atoms with Crippen LogP contribution in [0.25, 0.3) is 11.4 Å². The molecule has 0 bridgehead atoms. The van der Waals surface area contributed by atoms with Gasteiger partial charge in [-0.05, 0) is 39.2 Å². The van der Waals surface area contributed by atoms with Gasteiger partial charge in [0.1, 0.15) is 11.6 Å². The Morgan fingerprint density at radius 1 is 1.39 bits per heavy atom. The fourth-order valence-electron chi connectivity index (χ4n) is 2.71. The van der Waals surface area contributed by atoms with Crippen molar-refractivity contribution in [3.8, 4) is 11.4 Å². The van der Waals surface area contributed by atoms with Crippen LogP contribution in [0.5, 0.6) is 0 Å². The fourth-order valence-corrected chi connectivity index (χ4v) is 2.71. The lowest BCUT2D eigenvalue weighted by Gasteiger charge is -2.23. The molecule has 6 nitrogen and oxygen atoms in total. The average molecular weight is 315 g/mol. The Labute approximate surface area is 135 Å².